The van der Waals surface area contributed by atoms with Gasteiger partial charge in [-0.1, -0.05) is 6.92 Å². The molecule has 1 fully saturated rings. The highest BCUT2D eigenvalue weighted by molar-refractivity contribution is 7.90. The van der Waals surface area contributed by atoms with Crippen LogP contribution in [0.15, 0.2) is 23.2 Å². The molecular formula is C15H25N3O2S. The molecule has 6 heteroatoms. The Morgan fingerprint density at radius 1 is 1.48 bits per heavy atom. The van der Waals surface area contributed by atoms with E-state index < -0.39 is 9.84 Å². The van der Waals surface area contributed by atoms with Crippen molar-refractivity contribution >= 4 is 15.7 Å². The first-order chi connectivity index (χ1) is 10.0. The van der Waals surface area contributed by atoms with Crippen LogP contribution in [0.3, 0.4) is 0 Å². The average molecular weight is 311 g/mol. The molecule has 118 valence electrons. The lowest BCUT2D eigenvalue weighted by molar-refractivity contribution is 0.390. The van der Waals surface area contributed by atoms with E-state index in [4.69, 9.17) is 0 Å². The van der Waals surface area contributed by atoms with Gasteiger partial charge in [-0.3, -0.25) is 0 Å². The summed E-state index contributed by atoms with van der Waals surface area (Å²) in [6.45, 7) is 5.94. The lowest BCUT2D eigenvalue weighted by Gasteiger charge is -2.34. The highest BCUT2D eigenvalue weighted by atomic mass is 32.2. The van der Waals surface area contributed by atoms with E-state index in [1.54, 1.807) is 18.3 Å². The Morgan fingerprint density at radius 2 is 2.29 bits per heavy atom. The molecular weight excluding hydrogens is 286 g/mol. The van der Waals surface area contributed by atoms with Crippen LogP contribution in [0.2, 0.25) is 0 Å². The van der Waals surface area contributed by atoms with Crippen molar-refractivity contribution in [1.82, 2.24) is 10.3 Å². The summed E-state index contributed by atoms with van der Waals surface area (Å²) in [7, 11) is -3.24. The van der Waals surface area contributed by atoms with Crippen LogP contribution in [0.5, 0.6) is 0 Å². The highest BCUT2D eigenvalue weighted by Crippen LogP contribution is 2.26. The maximum Gasteiger partial charge on any atom is 0.179 e. The van der Waals surface area contributed by atoms with Crippen LogP contribution in [0.25, 0.3) is 0 Å². The lowest BCUT2D eigenvalue weighted by Crippen LogP contribution is -2.40. The predicted molar refractivity (Wildman–Crippen MR) is 85.4 cm³/mol. The molecule has 0 aliphatic carbocycles. The second kappa shape index (κ2) is 7.22. The van der Waals surface area contributed by atoms with Gasteiger partial charge in [-0.25, -0.2) is 13.4 Å². The zero-order valence-electron chi connectivity index (χ0n) is 12.9. The zero-order chi connectivity index (χ0) is 15.3. The summed E-state index contributed by atoms with van der Waals surface area (Å²) in [5.74, 6) is 1.17. The van der Waals surface area contributed by atoms with Gasteiger partial charge in [0.05, 0.1) is 0 Å². The van der Waals surface area contributed by atoms with Crippen molar-refractivity contribution in [2.45, 2.75) is 31.1 Å². The maximum atomic E-state index is 11.9. The Bertz CT molecular complexity index is 560. The second-order valence-corrected chi connectivity index (χ2v) is 7.74. The Kier molecular flexibility index (Phi) is 5.58. The zero-order valence-corrected chi connectivity index (χ0v) is 13.7. The summed E-state index contributed by atoms with van der Waals surface area (Å²) in [5.41, 5.74) is 0. The molecule has 0 amide bonds. The molecule has 2 heterocycles. The van der Waals surface area contributed by atoms with E-state index in [-0.39, 0.29) is 0 Å². The topological polar surface area (TPSA) is 62.3 Å². The summed E-state index contributed by atoms with van der Waals surface area (Å²) in [5, 5.41) is 3.46. The first-order valence-corrected chi connectivity index (χ1v) is 9.52. The van der Waals surface area contributed by atoms with Gasteiger partial charge in [0.2, 0.25) is 0 Å². The fraction of sp³-hybridized carbons (Fsp3) is 0.667. The third kappa shape index (κ3) is 4.41. The number of nitrogens with one attached hydrogen (secondary N) is 1. The molecule has 21 heavy (non-hydrogen) atoms. The molecule has 1 aromatic heterocycles. The minimum atomic E-state index is -3.24. The Morgan fingerprint density at radius 3 is 3.00 bits per heavy atom. The fourth-order valence-electron chi connectivity index (χ4n) is 2.82. The van der Waals surface area contributed by atoms with E-state index in [1.165, 1.54) is 12.7 Å². The molecule has 1 aromatic rings. The summed E-state index contributed by atoms with van der Waals surface area (Å²) in [6.07, 6.45) is 6.32. The van der Waals surface area contributed by atoms with E-state index in [0.29, 0.717) is 16.6 Å². The largest absolute Gasteiger partial charge is 0.355 e. The summed E-state index contributed by atoms with van der Waals surface area (Å²) in [4.78, 5) is 6.79. The molecule has 1 aliphatic rings. The van der Waals surface area contributed by atoms with Gasteiger partial charge in [0.15, 0.2) is 9.84 Å². The molecule has 0 spiro atoms. The fourth-order valence-corrected chi connectivity index (χ4v) is 3.66. The van der Waals surface area contributed by atoms with Crippen molar-refractivity contribution < 1.29 is 8.42 Å². The van der Waals surface area contributed by atoms with Crippen molar-refractivity contribution in [2.75, 3.05) is 37.3 Å². The first-order valence-electron chi connectivity index (χ1n) is 7.63. The molecule has 1 atom stereocenters. The minimum absolute atomic E-state index is 0.340. The van der Waals surface area contributed by atoms with Gasteiger partial charge >= 0.3 is 0 Å². The molecule has 1 N–H and O–H groups in total. The van der Waals surface area contributed by atoms with Crippen molar-refractivity contribution in [3.63, 3.8) is 0 Å². The third-order valence-corrected chi connectivity index (χ3v) is 4.95. The highest BCUT2D eigenvalue weighted by Gasteiger charge is 2.25. The molecule has 0 radical (unpaired) electrons. The molecule has 0 saturated carbocycles. The van der Waals surface area contributed by atoms with Crippen LogP contribution >= 0.6 is 0 Å². The maximum absolute atomic E-state index is 11.9. The quantitative estimate of drug-likeness (QED) is 0.810. The van der Waals surface area contributed by atoms with Crippen LogP contribution in [-0.4, -0.2) is 45.8 Å². The lowest BCUT2D eigenvalue weighted by atomic mass is 9.98. The van der Waals surface area contributed by atoms with Gasteiger partial charge in [0.25, 0.3) is 0 Å². The number of aromatic nitrogens is 1. The molecule has 1 saturated heterocycles. The van der Waals surface area contributed by atoms with Crippen LogP contribution < -0.4 is 10.2 Å². The first kappa shape index (κ1) is 16.2. The van der Waals surface area contributed by atoms with Crippen molar-refractivity contribution in [1.29, 1.82) is 0 Å². The van der Waals surface area contributed by atoms with Crippen LogP contribution in [-0.2, 0) is 9.84 Å². The smallest absolute Gasteiger partial charge is 0.179 e. The Balaban J connectivity index is 2.11. The van der Waals surface area contributed by atoms with Gasteiger partial charge in [-0.05, 0) is 50.4 Å². The molecule has 1 aliphatic heterocycles. The standard InChI is InChI=1S/C15H25N3O2S/c1-3-8-16-11-13-6-5-10-18(12-13)15-14(21(2,19)20)7-4-9-17-15/h4,7,9,13,16H,3,5-6,8,10-12H2,1-2H3. The molecule has 0 aromatic carbocycles. The summed E-state index contributed by atoms with van der Waals surface area (Å²) >= 11 is 0. The van der Waals surface area contributed by atoms with E-state index in [2.05, 4.69) is 22.1 Å². The number of rotatable bonds is 6. The minimum Gasteiger partial charge on any atom is -0.355 e. The third-order valence-electron chi connectivity index (χ3n) is 3.83. The molecule has 1 unspecified atom stereocenters. The average Bonchev–Trinajstić information content (AvgIpc) is 2.47. The predicted octanol–water partition coefficient (Wildman–Crippen LogP) is 1.70. The monoisotopic (exact) mass is 311 g/mol. The van der Waals surface area contributed by atoms with Crippen molar-refractivity contribution in [3.05, 3.63) is 18.3 Å². The van der Waals surface area contributed by atoms with Crippen LogP contribution in [0.4, 0.5) is 5.82 Å². The van der Waals surface area contributed by atoms with Crippen molar-refractivity contribution in [3.8, 4) is 0 Å². The molecule has 0 bridgehead atoms. The van der Waals surface area contributed by atoms with E-state index in [0.717, 1.165) is 39.0 Å². The summed E-state index contributed by atoms with van der Waals surface area (Å²) < 4.78 is 23.8. The van der Waals surface area contributed by atoms with Gasteiger partial charge in [0.1, 0.15) is 10.7 Å². The number of sulfone groups is 1. The van der Waals surface area contributed by atoms with Crippen LogP contribution in [0.1, 0.15) is 26.2 Å². The van der Waals surface area contributed by atoms with Gasteiger partial charge < -0.3 is 10.2 Å². The summed E-state index contributed by atoms with van der Waals surface area (Å²) in [6, 6.07) is 3.33. The number of hydrogen-bond acceptors (Lipinski definition) is 5. The number of nitrogens with zero attached hydrogens (tertiary/aromatic N) is 2. The van der Waals surface area contributed by atoms with Gasteiger partial charge in [-0.2, -0.15) is 0 Å². The normalized spacial score (nSPS) is 19.7. The number of piperidine rings is 1. The SMILES string of the molecule is CCCNCC1CCCN(c2ncccc2S(C)(=O)=O)C1. The number of hydrogen-bond donors (Lipinski definition) is 1. The number of anilines is 1. The molecule has 2 rings (SSSR count). The van der Waals surface area contributed by atoms with Gasteiger partial charge in [-0.15, -0.1) is 0 Å². The second-order valence-electron chi connectivity index (χ2n) is 5.76. The van der Waals surface area contributed by atoms with E-state index in [1.807, 2.05) is 0 Å². The Hall–Kier alpha value is -1.14. The number of pyridine rings is 1. The van der Waals surface area contributed by atoms with Gasteiger partial charge in [0, 0.05) is 25.5 Å². The van der Waals surface area contributed by atoms with Crippen LogP contribution in [0, 0.1) is 5.92 Å². The molecule has 5 nitrogen and oxygen atoms in total. The van der Waals surface area contributed by atoms with E-state index in [9.17, 15) is 8.42 Å². The Labute approximate surface area is 127 Å². The van der Waals surface area contributed by atoms with E-state index >= 15 is 0 Å². The van der Waals surface area contributed by atoms with Crippen molar-refractivity contribution in [2.24, 2.45) is 5.92 Å².